The Morgan fingerprint density at radius 2 is 1.93 bits per heavy atom. The van der Waals surface area contributed by atoms with Gasteiger partial charge in [-0.05, 0) is 61.0 Å². The maximum atomic E-state index is 13.8. The van der Waals surface area contributed by atoms with Crippen molar-refractivity contribution in [3.05, 3.63) is 60.0 Å². The molecule has 0 aliphatic carbocycles. The lowest BCUT2D eigenvalue weighted by Crippen LogP contribution is -2.47. The summed E-state index contributed by atoms with van der Waals surface area (Å²) in [5.74, 6) is -0.143. The zero-order valence-corrected chi connectivity index (χ0v) is 16.9. The first-order chi connectivity index (χ1) is 14.6. The van der Waals surface area contributed by atoms with Crippen LogP contribution in [0.15, 0.2) is 48.7 Å². The van der Waals surface area contributed by atoms with Crippen molar-refractivity contribution in [3.63, 3.8) is 0 Å². The van der Waals surface area contributed by atoms with E-state index < -0.39 is 6.03 Å². The van der Waals surface area contributed by atoms with Gasteiger partial charge >= 0.3 is 6.03 Å². The van der Waals surface area contributed by atoms with Crippen molar-refractivity contribution >= 4 is 28.3 Å². The molecule has 1 fully saturated rings. The van der Waals surface area contributed by atoms with Gasteiger partial charge in [0.2, 0.25) is 0 Å². The molecule has 3 N–H and O–H groups in total. The number of aromatic nitrogens is 1. The van der Waals surface area contributed by atoms with Gasteiger partial charge in [-0.3, -0.25) is 9.80 Å². The molecule has 1 aromatic heterocycles. The smallest absolute Gasteiger partial charge is 0.319 e. The Morgan fingerprint density at radius 1 is 1.10 bits per heavy atom. The van der Waals surface area contributed by atoms with Crippen LogP contribution in [0.3, 0.4) is 0 Å². The van der Waals surface area contributed by atoms with E-state index in [0.717, 1.165) is 55.9 Å². The monoisotopic (exact) mass is 407 g/mol. The summed E-state index contributed by atoms with van der Waals surface area (Å²) in [5.41, 5.74) is 9.60. The van der Waals surface area contributed by atoms with Crippen molar-refractivity contribution < 1.29 is 9.18 Å². The predicted octanol–water partition coefficient (Wildman–Crippen LogP) is 3.50. The third kappa shape index (κ3) is 3.50. The molecule has 2 aromatic carbocycles. The predicted molar refractivity (Wildman–Crippen MR) is 118 cm³/mol. The van der Waals surface area contributed by atoms with Gasteiger partial charge in [0.25, 0.3) is 0 Å². The minimum absolute atomic E-state index is 0.122. The van der Waals surface area contributed by atoms with E-state index in [0.29, 0.717) is 6.54 Å². The number of amides is 2. The van der Waals surface area contributed by atoms with Gasteiger partial charge in [0.15, 0.2) is 0 Å². The zero-order valence-electron chi connectivity index (χ0n) is 16.9. The van der Waals surface area contributed by atoms with Gasteiger partial charge in [-0.2, -0.15) is 0 Å². The number of piperazine rings is 1. The summed E-state index contributed by atoms with van der Waals surface area (Å²) in [4.78, 5) is 21.5. The van der Waals surface area contributed by atoms with Crippen LogP contribution in [0, 0.1) is 5.82 Å². The second kappa shape index (κ2) is 7.65. The number of hydrogen-bond donors (Lipinski definition) is 2. The zero-order chi connectivity index (χ0) is 20.7. The van der Waals surface area contributed by atoms with E-state index in [1.807, 2.05) is 6.20 Å². The second-order valence-corrected chi connectivity index (χ2v) is 8.22. The Labute approximate surface area is 175 Å². The van der Waals surface area contributed by atoms with Gasteiger partial charge in [-0.15, -0.1) is 0 Å². The highest BCUT2D eigenvalue weighted by atomic mass is 19.1. The lowest BCUT2D eigenvalue weighted by atomic mass is 9.97. The highest BCUT2D eigenvalue weighted by molar-refractivity contribution is 5.93. The van der Waals surface area contributed by atoms with E-state index in [1.165, 1.54) is 17.1 Å². The SMILES string of the molecule is NC(=O)N1CC(CCN2CCN(c3ccc4[nH]ccc4c3)CC2)c2cc(F)ccc21. The number of carbonyl (C=O) groups is 1. The van der Waals surface area contributed by atoms with Gasteiger partial charge in [0.1, 0.15) is 5.82 Å². The number of anilines is 2. The first-order valence-electron chi connectivity index (χ1n) is 10.5. The summed E-state index contributed by atoms with van der Waals surface area (Å²) in [6, 6.07) is 12.8. The fraction of sp³-hybridized carbons (Fsp3) is 0.348. The molecule has 5 rings (SSSR count). The van der Waals surface area contributed by atoms with E-state index >= 15 is 0 Å². The van der Waals surface area contributed by atoms with Gasteiger partial charge in [0.05, 0.1) is 0 Å². The fourth-order valence-electron chi connectivity index (χ4n) is 4.78. The van der Waals surface area contributed by atoms with E-state index in [9.17, 15) is 9.18 Å². The van der Waals surface area contributed by atoms with Crippen LogP contribution in [0.2, 0.25) is 0 Å². The summed E-state index contributed by atoms with van der Waals surface area (Å²) < 4.78 is 13.8. The number of aromatic amines is 1. The van der Waals surface area contributed by atoms with Crippen molar-refractivity contribution in [1.82, 2.24) is 9.88 Å². The quantitative estimate of drug-likeness (QED) is 0.696. The number of halogens is 1. The fourth-order valence-corrected chi connectivity index (χ4v) is 4.78. The highest BCUT2D eigenvalue weighted by Gasteiger charge is 2.32. The molecule has 3 heterocycles. The van der Waals surface area contributed by atoms with Crippen molar-refractivity contribution in [2.45, 2.75) is 12.3 Å². The molecule has 1 atom stereocenters. The molecule has 2 amide bonds. The molecule has 0 saturated carbocycles. The largest absolute Gasteiger partial charge is 0.369 e. The van der Waals surface area contributed by atoms with Crippen molar-refractivity contribution in [2.24, 2.45) is 5.73 Å². The van der Waals surface area contributed by atoms with Gasteiger partial charge in [-0.1, -0.05) is 0 Å². The van der Waals surface area contributed by atoms with Gasteiger partial charge < -0.3 is 15.6 Å². The normalized spacial score (nSPS) is 19.4. The lowest BCUT2D eigenvalue weighted by molar-refractivity contribution is 0.247. The minimum atomic E-state index is -0.474. The minimum Gasteiger partial charge on any atom is -0.369 e. The number of carbonyl (C=O) groups excluding carboxylic acids is 1. The third-order valence-electron chi connectivity index (χ3n) is 6.46. The number of H-pyrrole nitrogens is 1. The number of nitrogens with one attached hydrogen (secondary N) is 1. The number of urea groups is 1. The first kappa shape index (κ1) is 18.9. The Kier molecular flexibility index (Phi) is 4.83. The molecule has 0 spiro atoms. The Hall–Kier alpha value is -3.06. The van der Waals surface area contributed by atoms with Gasteiger partial charge in [-0.25, -0.2) is 9.18 Å². The molecule has 2 aliphatic heterocycles. The Balaban J connectivity index is 1.19. The summed E-state index contributed by atoms with van der Waals surface area (Å²) in [5, 5.41) is 1.24. The molecule has 0 radical (unpaired) electrons. The van der Waals surface area contributed by atoms with Crippen LogP contribution in [0.5, 0.6) is 0 Å². The maximum Gasteiger partial charge on any atom is 0.319 e. The number of benzene rings is 2. The summed E-state index contributed by atoms with van der Waals surface area (Å²) in [6.07, 6.45) is 2.86. The average molecular weight is 407 g/mol. The number of nitrogens with two attached hydrogens (primary N) is 1. The van der Waals surface area contributed by atoms with Crippen molar-refractivity contribution in [2.75, 3.05) is 49.1 Å². The molecule has 3 aromatic rings. The first-order valence-corrected chi connectivity index (χ1v) is 10.5. The number of fused-ring (bicyclic) bond motifs is 2. The number of rotatable bonds is 4. The van der Waals surface area contributed by atoms with Crippen LogP contribution in [-0.4, -0.2) is 55.2 Å². The molecule has 30 heavy (non-hydrogen) atoms. The van der Waals surface area contributed by atoms with E-state index in [1.54, 1.807) is 17.0 Å². The van der Waals surface area contributed by atoms with E-state index in [-0.39, 0.29) is 11.7 Å². The average Bonchev–Trinajstić information content (AvgIpc) is 3.36. The van der Waals surface area contributed by atoms with Crippen LogP contribution >= 0.6 is 0 Å². The molecule has 156 valence electrons. The number of hydrogen-bond acceptors (Lipinski definition) is 3. The topological polar surface area (TPSA) is 68.6 Å². The molecule has 6 nitrogen and oxygen atoms in total. The third-order valence-corrected chi connectivity index (χ3v) is 6.46. The van der Waals surface area contributed by atoms with Crippen LogP contribution < -0.4 is 15.5 Å². The van der Waals surface area contributed by atoms with E-state index in [2.05, 4.69) is 39.0 Å². The standard InChI is InChI=1S/C23H26FN5O/c24-18-1-4-22-20(14-18)17(15-29(22)23(25)30)6-8-27-9-11-28(12-10-27)19-2-3-21-16(13-19)5-7-26-21/h1-5,7,13-14,17,26H,6,8-12,15H2,(H2,25,30). The van der Waals surface area contributed by atoms with Crippen molar-refractivity contribution in [3.8, 4) is 0 Å². The number of primary amides is 1. The lowest BCUT2D eigenvalue weighted by Gasteiger charge is -2.36. The molecule has 2 aliphatic rings. The Bertz CT molecular complexity index is 1070. The molecular formula is C23H26FN5O. The van der Waals surface area contributed by atoms with E-state index in [4.69, 9.17) is 5.73 Å². The molecular weight excluding hydrogens is 381 g/mol. The summed E-state index contributed by atoms with van der Waals surface area (Å²) >= 11 is 0. The molecule has 0 bridgehead atoms. The van der Waals surface area contributed by atoms with Crippen LogP contribution in [0.1, 0.15) is 17.9 Å². The maximum absolute atomic E-state index is 13.8. The molecule has 1 unspecified atom stereocenters. The van der Waals surface area contributed by atoms with Crippen LogP contribution in [-0.2, 0) is 0 Å². The van der Waals surface area contributed by atoms with Gasteiger partial charge in [0, 0.05) is 67.1 Å². The summed E-state index contributed by atoms with van der Waals surface area (Å²) in [6.45, 7) is 5.42. The van der Waals surface area contributed by atoms with Crippen LogP contribution in [0.4, 0.5) is 20.6 Å². The molecule has 7 heteroatoms. The Morgan fingerprint density at radius 3 is 2.73 bits per heavy atom. The highest BCUT2D eigenvalue weighted by Crippen LogP contribution is 2.38. The molecule has 1 saturated heterocycles. The van der Waals surface area contributed by atoms with Crippen LogP contribution in [0.25, 0.3) is 10.9 Å². The second-order valence-electron chi connectivity index (χ2n) is 8.22. The number of nitrogens with zero attached hydrogens (tertiary/aromatic N) is 3. The summed E-state index contributed by atoms with van der Waals surface area (Å²) in [7, 11) is 0. The van der Waals surface area contributed by atoms with Crippen molar-refractivity contribution in [1.29, 1.82) is 0 Å².